The molecule has 7 nitrogen and oxygen atoms in total. The highest BCUT2D eigenvalue weighted by atomic mass is 32.1. The summed E-state index contributed by atoms with van der Waals surface area (Å²) in [5, 5.41) is 6.23. The minimum Gasteiger partial charge on any atom is -0.497 e. The molecule has 0 atom stereocenters. The first-order valence-corrected chi connectivity index (χ1v) is 9.93. The number of methoxy groups -OCH3 is 2. The predicted molar refractivity (Wildman–Crippen MR) is 115 cm³/mol. The van der Waals surface area contributed by atoms with Crippen LogP contribution in [0.25, 0.3) is 10.2 Å². The molecule has 0 spiro atoms. The summed E-state index contributed by atoms with van der Waals surface area (Å²) in [7, 11) is 3.11. The maximum Gasteiger partial charge on any atom is 0.228 e. The molecular formula is C21H23N3O4S. The van der Waals surface area contributed by atoms with Crippen molar-refractivity contribution in [3.05, 3.63) is 42.0 Å². The molecule has 0 saturated heterocycles. The van der Waals surface area contributed by atoms with E-state index < -0.39 is 0 Å². The molecule has 0 aliphatic rings. The minimum absolute atomic E-state index is 0.0732. The summed E-state index contributed by atoms with van der Waals surface area (Å²) in [5.74, 6) is 0.824. The Morgan fingerprint density at radius 2 is 1.86 bits per heavy atom. The van der Waals surface area contributed by atoms with Gasteiger partial charge in [-0.15, -0.1) is 0 Å². The molecule has 152 valence electrons. The summed E-state index contributed by atoms with van der Waals surface area (Å²) < 4.78 is 11.4. The van der Waals surface area contributed by atoms with Crippen LogP contribution < -0.4 is 20.1 Å². The van der Waals surface area contributed by atoms with Crippen LogP contribution in [0.3, 0.4) is 0 Å². The van der Waals surface area contributed by atoms with Crippen LogP contribution in [-0.2, 0) is 16.0 Å². The van der Waals surface area contributed by atoms with Crippen molar-refractivity contribution in [2.75, 3.05) is 24.9 Å². The summed E-state index contributed by atoms with van der Waals surface area (Å²) in [6.45, 7) is 3.66. The van der Waals surface area contributed by atoms with Crippen molar-refractivity contribution in [3.8, 4) is 11.5 Å². The standard InChI is InChI=1S/C21H23N3O4S/c1-12(2)20(26)24-21-23-15-7-5-13(9-18(15)29-21)10-19(25)22-16-11-14(27-3)6-8-17(16)28-4/h5-9,11-12H,10H2,1-4H3,(H,22,25)(H,23,24,26). The van der Waals surface area contributed by atoms with E-state index in [9.17, 15) is 9.59 Å². The lowest BCUT2D eigenvalue weighted by Crippen LogP contribution is -2.17. The van der Waals surface area contributed by atoms with Gasteiger partial charge in [-0.25, -0.2) is 4.98 Å². The van der Waals surface area contributed by atoms with Gasteiger partial charge in [0.25, 0.3) is 0 Å². The fourth-order valence-corrected chi connectivity index (χ4v) is 3.61. The van der Waals surface area contributed by atoms with E-state index in [1.165, 1.54) is 11.3 Å². The molecule has 0 aliphatic heterocycles. The fraction of sp³-hybridized carbons (Fsp3) is 0.286. The van der Waals surface area contributed by atoms with E-state index in [1.807, 2.05) is 32.0 Å². The van der Waals surface area contributed by atoms with Crippen LogP contribution in [0.2, 0.25) is 0 Å². The van der Waals surface area contributed by atoms with E-state index in [2.05, 4.69) is 15.6 Å². The Morgan fingerprint density at radius 1 is 1.07 bits per heavy atom. The number of nitrogens with one attached hydrogen (secondary N) is 2. The third kappa shape index (κ3) is 5.03. The number of hydrogen-bond donors (Lipinski definition) is 2. The number of rotatable bonds is 7. The second-order valence-corrected chi connectivity index (χ2v) is 7.79. The Kier molecular flexibility index (Phi) is 6.33. The third-order valence-corrected chi connectivity index (χ3v) is 5.19. The summed E-state index contributed by atoms with van der Waals surface area (Å²) >= 11 is 1.39. The first-order chi connectivity index (χ1) is 13.9. The Hall–Kier alpha value is -3.13. The number of aromatic nitrogens is 1. The van der Waals surface area contributed by atoms with Gasteiger partial charge in [0.15, 0.2) is 5.13 Å². The highest BCUT2D eigenvalue weighted by molar-refractivity contribution is 7.22. The molecule has 2 N–H and O–H groups in total. The lowest BCUT2D eigenvalue weighted by atomic mass is 10.1. The molecule has 3 rings (SSSR count). The van der Waals surface area contributed by atoms with E-state index in [4.69, 9.17) is 9.47 Å². The van der Waals surface area contributed by atoms with E-state index in [1.54, 1.807) is 32.4 Å². The molecule has 0 radical (unpaired) electrons. The minimum atomic E-state index is -0.172. The van der Waals surface area contributed by atoms with Crippen molar-refractivity contribution in [2.24, 2.45) is 5.92 Å². The van der Waals surface area contributed by atoms with Crippen LogP contribution in [0.4, 0.5) is 10.8 Å². The van der Waals surface area contributed by atoms with Crippen molar-refractivity contribution < 1.29 is 19.1 Å². The first kappa shape index (κ1) is 20.6. The Morgan fingerprint density at radius 3 is 2.55 bits per heavy atom. The normalized spacial score (nSPS) is 10.8. The van der Waals surface area contributed by atoms with E-state index in [0.29, 0.717) is 22.3 Å². The van der Waals surface area contributed by atoms with Crippen molar-refractivity contribution in [2.45, 2.75) is 20.3 Å². The molecule has 2 amide bonds. The van der Waals surface area contributed by atoms with Crippen molar-refractivity contribution in [1.29, 1.82) is 0 Å². The molecule has 29 heavy (non-hydrogen) atoms. The van der Waals surface area contributed by atoms with Gasteiger partial charge in [0.05, 0.1) is 36.5 Å². The smallest absolute Gasteiger partial charge is 0.228 e. The Bertz CT molecular complexity index is 1050. The molecule has 3 aromatic rings. The highest BCUT2D eigenvalue weighted by Gasteiger charge is 2.13. The molecule has 0 bridgehead atoms. The van der Waals surface area contributed by atoms with Crippen LogP contribution in [-0.4, -0.2) is 31.0 Å². The molecule has 2 aromatic carbocycles. The largest absolute Gasteiger partial charge is 0.497 e. The molecule has 0 unspecified atom stereocenters. The lowest BCUT2D eigenvalue weighted by Gasteiger charge is -2.11. The molecule has 1 heterocycles. The van der Waals surface area contributed by atoms with Gasteiger partial charge < -0.3 is 20.1 Å². The number of hydrogen-bond acceptors (Lipinski definition) is 6. The van der Waals surface area contributed by atoms with Gasteiger partial charge in [-0.2, -0.15) is 0 Å². The average molecular weight is 413 g/mol. The number of fused-ring (bicyclic) bond motifs is 1. The van der Waals surface area contributed by atoms with Gasteiger partial charge in [0.2, 0.25) is 11.8 Å². The summed E-state index contributed by atoms with van der Waals surface area (Å²) in [6.07, 6.45) is 0.196. The van der Waals surface area contributed by atoms with Crippen LogP contribution in [0, 0.1) is 5.92 Å². The zero-order chi connectivity index (χ0) is 21.0. The quantitative estimate of drug-likeness (QED) is 0.609. The average Bonchev–Trinajstić information content (AvgIpc) is 3.09. The molecule has 0 fully saturated rings. The van der Waals surface area contributed by atoms with E-state index in [-0.39, 0.29) is 24.2 Å². The number of carbonyl (C=O) groups excluding carboxylic acids is 2. The van der Waals surface area contributed by atoms with Gasteiger partial charge >= 0.3 is 0 Å². The number of amides is 2. The van der Waals surface area contributed by atoms with Crippen molar-refractivity contribution in [1.82, 2.24) is 4.98 Å². The summed E-state index contributed by atoms with van der Waals surface area (Å²) in [4.78, 5) is 28.8. The van der Waals surface area contributed by atoms with Gasteiger partial charge in [0.1, 0.15) is 11.5 Å². The molecule has 0 aliphatic carbocycles. The van der Waals surface area contributed by atoms with E-state index >= 15 is 0 Å². The topological polar surface area (TPSA) is 89.6 Å². The third-order valence-electron chi connectivity index (χ3n) is 4.25. The highest BCUT2D eigenvalue weighted by Crippen LogP contribution is 2.30. The van der Waals surface area contributed by atoms with Crippen LogP contribution in [0.1, 0.15) is 19.4 Å². The number of nitrogens with zero attached hydrogens (tertiary/aromatic N) is 1. The maximum atomic E-state index is 12.5. The maximum absolute atomic E-state index is 12.5. The van der Waals surface area contributed by atoms with Gasteiger partial charge in [0, 0.05) is 12.0 Å². The fourth-order valence-electron chi connectivity index (χ4n) is 2.67. The number of benzene rings is 2. The number of carbonyl (C=O) groups is 2. The van der Waals surface area contributed by atoms with Crippen molar-refractivity contribution in [3.63, 3.8) is 0 Å². The van der Waals surface area contributed by atoms with Gasteiger partial charge in [-0.3, -0.25) is 9.59 Å². The monoisotopic (exact) mass is 413 g/mol. The number of ether oxygens (including phenoxy) is 2. The number of anilines is 2. The van der Waals surface area contributed by atoms with Crippen LogP contribution in [0.5, 0.6) is 11.5 Å². The molecule has 8 heteroatoms. The van der Waals surface area contributed by atoms with Gasteiger partial charge in [-0.1, -0.05) is 31.3 Å². The summed E-state index contributed by atoms with van der Waals surface area (Å²) in [5.41, 5.74) is 2.18. The zero-order valence-corrected chi connectivity index (χ0v) is 17.6. The molecule has 0 saturated carbocycles. The predicted octanol–water partition coefficient (Wildman–Crippen LogP) is 4.09. The SMILES string of the molecule is COc1ccc(OC)c(NC(=O)Cc2ccc3nc(NC(=O)C(C)C)sc3c2)c1. The van der Waals surface area contributed by atoms with Crippen molar-refractivity contribution >= 4 is 44.2 Å². The number of thiazole rings is 1. The van der Waals surface area contributed by atoms with E-state index in [0.717, 1.165) is 15.8 Å². The Balaban J connectivity index is 1.73. The van der Waals surface area contributed by atoms with Gasteiger partial charge in [-0.05, 0) is 29.8 Å². The second kappa shape index (κ2) is 8.91. The lowest BCUT2D eigenvalue weighted by molar-refractivity contribution is -0.119. The van der Waals surface area contributed by atoms with Crippen LogP contribution in [0.15, 0.2) is 36.4 Å². The molecular weight excluding hydrogens is 390 g/mol. The summed E-state index contributed by atoms with van der Waals surface area (Å²) in [6, 6.07) is 10.9. The van der Waals surface area contributed by atoms with Crippen LogP contribution >= 0.6 is 11.3 Å². The Labute approximate surface area is 173 Å². The zero-order valence-electron chi connectivity index (χ0n) is 16.7. The first-order valence-electron chi connectivity index (χ1n) is 9.12. The molecule has 1 aromatic heterocycles. The second-order valence-electron chi connectivity index (χ2n) is 6.76.